The number of fused-ring (bicyclic) bond motifs is 1. The van der Waals surface area contributed by atoms with E-state index in [-0.39, 0.29) is 4.90 Å². The minimum absolute atomic E-state index is 0.273. The number of hydrogen-bond acceptors (Lipinski definition) is 4. The van der Waals surface area contributed by atoms with Gasteiger partial charge in [-0.05, 0) is 67.1 Å². The van der Waals surface area contributed by atoms with Gasteiger partial charge in [0.05, 0.1) is 4.90 Å². The minimum atomic E-state index is -3.51. The van der Waals surface area contributed by atoms with E-state index >= 15 is 0 Å². The molecule has 3 aliphatic rings. The average Bonchev–Trinajstić information content (AvgIpc) is 3.26. The van der Waals surface area contributed by atoms with Gasteiger partial charge < -0.3 is 4.90 Å². The number of nitrogens with zero attached hydrogens (tertiary/aromatic N) is 3. The smallest absolute Gasteiger partial charge is 0.243 e. The molecule has 1 saturated carbocycles. The van der Waals surface area contributed by atoms with Crippen LogP contribution >= 0.6 is 11.6 Å². The molecule has 7 heteroatoms. The molecule has 2 aliphatic heterocycles. The molecule has 0 atom stereocenters. The zero-order chi connectivity index (χ0) is 22.1. The van der Waals surface area contributed by atoms with E-state index in [1.165, 1.54) is 55.1 Å². The summed E-state index contributed by atoms with van der Waals surface area (Å²) >= 11 is 6.01. The fourth-order valence-electron chi connectivity index (χ4n) is 5.52. The molecule has 0 aromatic heterocycles. The first kappa shape index (κ1) is 22.2. The Morgan fingerprint density at radius 1 is 0.812 bits per heavy atom. The number of halogens is 1. The number of anilines is 1. The molecule has 172 valence electrons. The van der Waals surface area contributed by atoms with Gasteiger partial charge in [0.2, 0.25) is 10.0 Å². The molecule has 5 nitrogen and oxygen atoms in total. The van der Waals surface area contributed by atoms with Crippen molar-refractivity contribution >= 4 is 27.3 Å². The van der Waals surface area contributed by atoms with Crippen LogP contribution in [0.2, 0.25) is 5.02 Å². The van der Waals surface area contributed by atoms with E-state index in [1.54, 1.807) is 22.5 Å². The van der Waals surface area contributed by atoms with Gasteiger partial charge in [0.25, 0.3) is 0 Å². The number of rotatable bonds is 4. The summed E-state index contributed by atoms with van der Waals surface area (Å²) in [6, 6.07) is 14.2. The number of benzene rings is 2. The molecule has 0 N–H and O–H groups in total. The molecule has 0 amide bonds. The predicted octanol–water partition coefficient (Wildman–Crippen LogP) is 4.19. The van der Waals surface area contributed by atoms with Crippen LogP contribution in [0.1, 0.15) is 36.8 Å². The maximum absolute atomic E-state index is 13.0. The highest BCUT2D eigenvalue weighted by Gasteiger charge is 2.29. The fraction of sp³-hybridized carbons (Fsp3) is 0.520. The van der Waals surface area contributed by atoms with Crippen LogP contribution in [0.3, 0.4) is 0 Å². The fourth-order valence-corrected chi connectivity index (χ4v) is 7.25. The third kappa shape index (κ3) is 4.56. The van der Waals surface area contributed by atoms with Gasteiger partial charge in [-0.1, -0.05) is 36.6 Å². The van der Waals surface area contributed by atoms with Crippen molar-refractivity contribution < 1.29 is 8.42 Å². The Morgan fingerprint density at radius 3 is 2.25 bits per heavy atom. The summed E-state index contributed by atoms with van der Waals surface area (Å²) in [6.45, 7) is 4.71. The molecule has 2 fully saturated rings. The lowest BCUT2D eigenvalue weighted by atomic mass is 10.0. The van der Waals surface area contributed by atoms with Crippen LogP contribution in [0.5, 0.6) is 0 Å². The Hall–Kier alpha value is -1.60. The Balaban J connectivity index is 1.24. The Morgan fingerprint density at radius 2 is 1.53 bits per heavy atom. The molecular weight excluding hydrogens is 442 g/mol. The summed E-state index contributed by atoms with van der Waals surface area (Å²) in [7, 11) is -3.51. The van der Waals surface area contributed by atoms with Crippen LogP contribution in [-0.4, -0.2) is 62.9 Å². The predicted molar refractivity (Wildman–Crippen MR) is 130 cm³/mol. The molecule has 1 aliphatic carbocycles. The first-order valence-corrected chi connectivity index (χ1v) is 13.7. The Bertz CT molecular complexity index is 1060. The monoisotopic (exact) mass is 473 g/mol. The van der Waals surface area contributed by atoms with Crippen molar-refractivity contribution in [1.82, 2.24) is 9.21 Å². The van der Waals surface area contributed by atoms with Crippen LogP contribution < -0.4 is 4.90 Å². The van der Waals surface area contributed by atoms with Crippen LogP contribution in [0.25, 0.3) is 0 Å². The molecule has 0 spiro atoms. The topological polar surface area (TPSA) is 43.9 Å². The lowest BCUT2D eigenvalue weighted by Gasteiger charge is -2.35. The second-order valence-corrected chi connectivity index (χ2v) is 11.7. The molecule has 1 saturated heterocycles. The van der Waals surface area contributed by atoms with Gasteiger partial charge in [0.15, 0.2) is 0 Å². The molecule has 2 aromatic carbocycles. The number of hydrogen-bond donors (Lipinski definition) is 0. The van der Waals surface area contributed by atoms with Crippen LogP contribution in [0.4, 0.5) is 5.69 Å². The SMILES string of the molecule is O=S(=O)(c1cccc(Cl)c1)N1CCN(c2ccc3c(c2)CCN(C2CCCC2)CC3)CC1. The van der Waals surface area contributed by atoms with Gasteiger partial charge in [-0.2, -0.15) is 4.31 Å². The first-order chi connectivity index (χ1) is 15.5. The molecule has 32 heavy (non-hydrogen) atoms. The van der Waals surface area contributed by atoms with Crippen molar-refractivity contribution in [3.63, 3.8) is 0 Å². The van der Waals surface area contributed by atoms with Gasteiger partial charge >= 0.3 is 0 Å². The average molecular weight is 474 g/mol. The lowest BCUT2D eigenvalue weighted by Crippen LogP contribution is -2.48. The standard InChI is InChI=1S/C25H32ClN3O2S/c26-22-4-3-7-25(19-22)32(30,31)29-16-14-28(15-17-29)24-9-8-20-10-12-27(13-11-21(20)18-24)23-5-1-2-6-23/h3-4,7-9,18-19,23H,1-2,5-6,10-17H2. The summed E-state index contributed by atoms with van der Waals surface area (Å²) < 4.78 is 27.6. The van der Waals surface area contributed by atoms with Crippen LogP contribution in [0.15, 0.2) is 47.4 Å². The highest BCUT2D eigenvalue weighted by atomic mass is 35.5. The molecule has 2 aromatic rings. The molecular formula is C25H32ClN3O2S. The molecule has 2 heterocycles. The van der Waals surface area contributed by atoms with E-state index in [2.05, 4.69) is 28.0 Å². The zero-order valence-electron chi connectivity index (χ0n) is 18.5. The largest absolute Gasteiger partial charge is 0.369 e. The maximum Gasteiger partial charge on any atom is 0.243 e. The normalized spacial score (nSPS) is 21.5. The van der Waals surface area contributed by atoms with Crippen molar-refractivity contribution in [3.8, 4) is 0 Å². The van der Waals surface area contributed by atoms with Crippen LogP contribution in [0, 0.1) is 0 Å². The van der Waals surface area contributed by atoms with E-state index < -0.39 is 10.0 Å². The highest BCUT2D eigenvalue weighted by molar-refractivity contribution is 7.89. The first-order valence-electron chi connectivity index (χ1n) is 11.9. The summed E-state index contributed by atoms with van der Waals surface area (Å²) in [6.07, 6.45) is 7.75. The summed E-state index contributed by atoms with van der Waals surface area (Å²) in [4.78, 5) is 5.31. The zero-order valence-corrected chi connectivity index (χ0v) is 20.1. The van der Waals surface area contributed by atoms with E-state index in [9.17, 15) is 8.42 Å². The van der Waals surface area contributed by atoms with E-state index in [1.807, 2.05) is 0 Å². The van der Waals surface area contributed by atoms with E-state index in [0.29, 0.717) is 31.2 Å². The van der Waals surface area contributed by atoms with E-state index in [0.717, 1.165) is 25.4 Å². The summed E-state index contributed by atoms with van der Waals surface area (Å²) in [5.41, 5.74) is 4.17. The second kappa shape index (κ2) is 9.34. The number of sulfonamides is 1. The van der Waals surface area contributed by atoms with Gasteiger partial charge in [0, 0.05) is 56.0 Å². The third-order valence-electron chi connectivity index (χ3n) is 7.41. The summed E-state index contributed by atoms with van der Waals surface area (Å²) in [5, 5.41) is 0.446. The molecule has 0 radical (unpaired) electrons. The third-order valence-corrected chi connectivity index (χ3v) is 9.54. The summed E-state index contributed by atoms with van der Waals surface area (Å²) in [5.74, 6) is 0. The van der Waals surface area contributed by atoms with Gasteiger partial charge in [0.1, 0.15) is 0 Å². The number of piperazine rings is 1. The Labute approximate surface area is 197 Å². The molecule has 0 unspecified atom stereocenters. The van der Waals surface area contributed by atoms with Crippen molar-refractivity contribution in [1.29, 1.82) is 0 Å². The lowest BCUT2D eigenvalue weighted by molar-refractivity contribution is 0.208. The quantitative estimate of drug-likeness (QED) is 0.667. The minimum Gasteiger partial charge on any atom is -0.369 e. The van der Waals surface area contributed by atoms with Crippen molar-refractivity contribution in [3.05, 3.63) is 58.6 Å². The van der Waals surface area contributed by atoms with Crippen molar-refractivity contribution in [2.24, 2.45) is 0 Å². The van der Waals surface area contributed by atoms with Crippen molar-refractivity contribution in [2.75, 3.05) is 44.2 Å². The van der Waals surface area contributed by atoms with E-state index in [4.69, 9.17) is 11.6 Å². The Kier molecular flexibility index (Phi) is 6.48. The van der Waals surface area contributed by atoms with Crippen molar-refractivity contribution in [2.45, 2.75) is 49.5 Å². The highest BCUT2D eigenvalue weighted by Crippen LogP contribution is 2.29. The van der Waals surface area contributed by atoms with Gasteiger partial charge in [-0.15, -0.1) is 0 Å². The van der Waals surface area contributed by atoms with Gasteiger partial charge in [-0.3, -0.25) is 4.90 Å². The second-order valence-electron chi connectivity index (χ2n) is 9.28. The maximum atomic E-state index is 13.0. The van der Waals surface area contributed by atoms with Gasteiger partial charge in [-0.25, -0.2) is 8.42 Å². The molecule has 5 rings (SSSR count). The molecule has 0 bridgehead atoms. The van der Waals surface area contributed by atoms with Crippen LogP contribution in [-0.2, 0) is 22.9 Å².